The predicted octanol–water partition coefficient (Wildman–Crippen LogP) is 3.15. The van der Waals surface area contributed by atoms with Crippen LogP contribution >= 0.6 is 0 Å². The lowest BCUT2D eigenvalue weighted by Gasteiger charge is -2.08. The number of ether oxygens (including phenoxy) is 1. The van der Waals surface area contributed by atoms with Crippen LogP contribution in [0.3, 0.4) is 0 Å². The second-order valence-electron chi connectivity index (χ2n) is 4.13. The Morgan fingerprint density at radius 1 is 1.16 bits per heavy atom. The molecule has 2 aromatic rings. The summed E-state index contributed by atoms with van der Waals surface area (Å²) in [6.45, 7) is 4.71. The minimum Gasteiger partial charge on any atom is -0.494 e. The first-order valence-electron chi connectivity index (χ1n) is 6.55. The molecule has 0 saturated heterocycles. The van der Waals surface area contributed by atoms with Gasteiger partial charge in [-0.2, -0.15) is 0 Å². The molecular formula is C15H19N3O. The third-order valence-corrected chi connectivity index (χ3v) is 2.80. The van der Waals surface area contributed by atoms with Crippen LogP contribution in [0.2, 0.25) is 0 Å². The van der Waals surface area contributed by atoms with Crippen molar-refractivity contribution in [2.45, 2.75) is 20.3 Å². The van der Waals surface area contributed by atoms with Crippen molar-refractivity contribution in [1.29, 1.82) is 0 Å². The van der Waals surface area contributed by atoms with Gasteiger partial charge < -0.3 is 10.1 Å². The van der Waals surface area contributed by atoms with Crippen LogP contribution in [0.1, 0.15) is 19.5 Å². The number of anilines is 1. The van der Waals surface area contributed by atoms with E-state index in [4.69, 9.17) is 4.74 Å². The number of hydrogen-bond donors (Lipinski definition) is 1. The van der Waals surface area contributed by atoms with Crippen LogP contribution < -0.4 is 10.1 Å². The summed E-state index contributed by atoms with van der Waals surface area (Å²) in [5, 5.41) is 3.07. The smallest absolute Gasteiger partial charge is 0.161 e. The summed E-state index contributed by atoms with van der Waals surface area (Å²) in [7, 11) is 1.86. The Labute approximate surface area is 113 Å². The number of benzene rings is 1. The summed E-state index contributed by atoms with van der Waals surface area (Å²) < 4.78 is 5.51. The van der Waals surface area contributed by atoms with Crippen molar-refractivity contribution >= 4 is 5.82 Å². The van der Waals surface area contributed by atoms with E-state index in [9.17, 15) is 0 Å². The highest BCUT2D eigenvalue weighted by molar-refractivity contribution is 5.59. The van der Waals surface area contributed by atoms with Crippen molar-refractivity contribution in [3.8, 4) is 17.1 Å². The molecule has 0 amide bonds. The summed E-state index contributed by atoms with van der Waals surface area (Å²) in [6, 6.07) is 9.83. The van der Waals surface area contributed by atoms with E-state index >= 15 is 0 Å². The first-order chi connectivity index (χ1) is 9.26. The first-order valence-corrected chi connectivity index (χ1v) is 6.55. The van der Waals surface area contributed by atoms with E-state index in [-0.39, 0.29) is 0 Å². The van der Waals surface area contributed by atoms with Gasteiger partial charge >= 0.3 is 0 Å². The van der Waals surface area contributed by atoms with Crippen LogP contribution in [0.25, 0.3) is 11.4 Å². The van der Waals surface area contributed by atoms with Crippen LogP contribution in [0.4, 0.5) is 5.82 Å². The SMILES string of the molecule is CCOc1cccc(-c2nc(CC)cc(NC)n2)c1. The minimum absolute atomic E-state index is 0.654. The van der Waals surface area contributed by atoms with Crippen LogP contribution in [0.5, 0.6) is 5.75 Å². The Kier molecular flexibility index (Phi) is 4.34. The molecule has 0 saturated carbocycles. The van der Waals surface area contributed by atoms with E-state index in [0.29, 0.717) is 6.61 Å². The third-order valence-electron chi connectivity index (χ3n) is 2.80. The zero-order chi connectivity index (χ0) is 13.7. The molecule has 1 aromatic heterocycles. The Balaban J connectivity index is 2.42. The van der Waals surface area contributed by atoms with Gasteiger partial charge in [-0.15, -0.1) is 0 Å². The lowest BCUT2D eigenvalue weighted by atomic mass is 10.2. The van der Waals surface area contributed by atoms with Crippen molar-refractivity contribution in [3.05, 3.63) is 36.0 Å². The van der Waals surface area contributed by atoms with Gasteiger partial charge in [-0.25, -0.2) is 9.97 Å². The van der Waals surface area contributed by atoms with Gasteiger partial charge in [0.1, 0.15) is 11.6 Å². The standard InChI is InChI=1S/C15H19N3O/c1-4-12-10-14(16-3)18-15(17-12)11-7-6-8-13(9-11)19-5-2/h6-10H,4-5H2,1-3H3,(H,16,17,18). The number of rotatable bonds is 5. The van der Waals surface area contributed by atoms with Gasteiger partial charge in [0.25, 0.3) is 0 Å². The third kappa shape index (κ3) is 3.22. The zero-order valence-electron chi connectivity index (χ0n) is 11.6. The predicted molar refractivity (Wildman–Crippen MR) is 77.6 cm³/mol. The first kappa shape index (κ1) is 13.3. The summed E-state index contributed by atoms with van der Waals surface area (Å²) in [4.78, 5) is 9.06. The quantitative estimate of drug-likeness (QED) is 0.893. The monoisotopic (exact) mass is 257 g/mol. The van der Waals surface area contributed by atoms with Crippen molar-refractivity contribution in [1.82, 2.24) is 9.97 Å². The number of aromatic nitrogens is 2. The van der Waals surface area contributed by atoms with E-state index in [1.807, 2.05) is 44.3 Å². The maximum Gasteiger partial charge on any atom is 0.161 e. The average molecular weight is 257 g/mol. The van der Waals surface area contributed by atoms with Crippen LogP contribution in [0.15, 0.2) is 30.3 Å². The number of nitrogens with zero attached hydrogens (tertiary/aromatic N) is 2. The van der Waals surface area contributed by atoms with Gasteiger partial charge in [-0.3, -0.25) is 0 Å². The molecule has 0 bridgehead atoms. The van der Waals surface area contributed by atoms with Gasteiger partial charge in [-0.1, -0.05) is 19.1 Å². The maximum atomic E-state index is 5.51. The largest absolute Gasteiger partial charge is 0.494 e. The van der Waals surface area contributed by atoms with Crippen LogP contribution in [0, 0.1) is 0 Å². The second-order valence-corrected chi connectivity index (χ2v) is 4.13. The molecule has 0 radical (unpaired) electrons. The molecule has 19 heavy (non-hydrogen) atoms. The average Bonchev–Trinajstić information content (AvgIpc) is 2.47. The van der Waals surface area contributed by atoms with Crippen molar-refractivity contribution in [2.24, 2.45) is 0 Å². The van der Waals surface area contributed by atoms with Crippen LogP contribution in [-0.2, 0) is 6.42 Å². The summed E-state index contributed by atoms with van der Waals surface area (Å²) >= 11 is 0. The van der Waals surface area contributed by atoms with E-state index in [0.717, 1.165) is 35.1 Å². The molecule has 100 valence electrons. The Hall–Kier alpha value is -2.10. The topological polar surface area (TPSA) is 47.0 Å². The van der Waals surface area contributed by atoms with Crippen molar-refractivity contribution in [3.63, 3.8) is 0 Å². The lowest BCUT2D eigenvalue weighted by Crippen LogP contribution is -2.00. The molecule has 0 aliphatic rings. The zero-order valence-corrected chi connectivity index (χ0v) is 11.6. The van der Waals surface area contributed by atoms with Crippen LogP contribution in [-0.4, -0.2) is 23.6 Å². The molecule has 0 fully saturated rings. The molecule has 0 atom stereocenters. The Morgan fingerprint density at radius 3 is 2.68 bits per heavy atom. The Morgan fingerprint density at radius 2 is 2.00 bits per heavy atom. The van der Waals surface area contributed by atoms with Crippen molar-refractivity contribution < 1.29 is 4.74 Å². The van der Waals surface area contributed by atoms with E-state index in [2.05, 4.69) is 22.2 Å². The Bertz CT molecular complexity index is 533. The van der Waals surface area contributed by atoms with Gasteiger partial charge in [0.2, 0.25) is 0 Å². The molecule has 2 rings (SSSR count). The summed E-state index contributed by atoms with van der Waals surface area (Å²) in [5.74, 6) is 2.41. The number of aryl methyl sites for hydroxylation is 1. The molecule has 0 unspecified atom stereocenters. The molecular weight excluding hydrogens is 238 g/mol. The van der Waals surface area contributed by atoms with Gasteiger partial charge in [-0.05, 0) is 25.5 Å². The second kappa shape index (κ2) is 6.18. The molecule has 0 aliphatic heterocycles. The number of nitrogens with one attached hydrogen (secondary N) is 1. The highest BCUT2D eigenvalue weighted by Gasteiger charge is 2.06. The van der Waals surface area contributed by atoms with Gasteiger partial charge in [0.05, 0.1) is 6.61 Å². The maximum absolute atomic E-state index is 5.51. The minimum atomic E-state index is 0.654. The van der Waals surface area contributed by atoms with E-state index in [1.165, 1.54) is 0 Å². The van der Waals surface area contributed by atoms with E-state index < -0.39 is 0 Å². The van der Waals surface area contributed by atoms with Crippen molar-refractivity contribution in [2.75, 3.05) is 19.0 Å². The molecule has 1 N–H and O–H groups in total. The fourth-order valence-electron chi connectivity index (χ4n) is 1.83. The lowest BCUT2D eigenvalue weighted by molar-refractivity contribution is 0.340. The summed E-state index contributed by atoms with van der Waals surface area (Å²) in [5.41, 5.74) is 1.99. The molecule has 1 aromatic carbocycles. The highest BCUT2D eigenvalue weighted by atomic mass is 16.5. The summed E-state index contributed by atoms with van der Waals surface area (Å²) in [6.07, 6.45) is 0.884. The molecule has 1 heterocycles. The molecule has 0 aliphatic carbocycles. The van der Waals surface area contributed by atoms with E-state index in [1.54, 1.807) is 0 Å². The van der Waals surface area contributed by atoms with Gasteiger partial charge in [0, 0.05) is 24.4 Å². The molecule has 0 spiro atoms. The molecule has 4 nitrogen and oxygen atoms in total. The highest BCUT2D eigenvalue weighted by Crippen LogP contribution is 2.22. The fraction of sp³-hybridized carbons (Fsp3) is 0.333. The normalized spacial score (nSPS) is 10.3. The van der Waals surface area contributed by atoms with Gasteiger partial charge in [0.15, 0.2) is 5.82 Å². The molecule has 4 heteroatoms. The number of hydrogen-bond acceptors (Lipinski definition) is 4. The fourth-order valence-corrected chi connectivity index (χ4v) is 1.83.